The second kappa shape index (κ2) is 10.6. The zero-order valence-corrected chi connectivity index (χ0v) is 18.5. The van der Waals surface area contributed by atoms with Crippen molar-refractivity contribution in [1.29, 1.82) is 0 Å². The number of benzene rings is 3. The molecule has 0 fully saturated rings. The van der Waals surface area contributed by atoms with Gasteiger partial charge in [-0.05, 0) is 72.5 Å². The highest BCUT2D eigenvalue weighted by Crippen LogP contribution is 2.17. The van der Waals surface area contributed by atoms with Crippen molar-refractivity contribution >= 4 is 28.1 Å². The highest BCUT2D eigenvalue weighted by atomic mass is 79.9. The highest BCUT2D eigenvalue weighted by Gasteiger charge is 2.03. The van der Waals surface area contributed by atoms with Gasteiger partial charge in [-0.15, -0.1) is 0 Å². The summed E-state index contributed by atoms with van der Waals surface area (Å²) in [6.45, 7) is 4.40. The summed E-state index contributed by atoms with van der Waals surface area (Å²) < 4.78 is 12.3. The Balaban J connectivity index is 1.47. The van der Waals surface area contributed by atoms with E-state index in [1.165, 1.54) is 5.56 Å². The van der Waals surface area contributed by atoms with Crippen LogP contribution < -0.4 is 14.9 Å². The smallest absolute Gasteiger partial charge is 0.277 e. The van der Waals surface area contributed by atoms with Crippen LogP contribution in [0.25, 0.3) is 0 Å². The van der Waals surface area contributed by atoms with E-state index in [1.807, 2.05) is 80.6 Å². The fraction of sp³-hybridized carbons (Fsp3) is 0.167. The molecule has 0 spiro atoms. The van der Waals surface area contributed by atoms with Crippen LogP contribution in [0.1, 0.15) is 22.3 Å². The van der Waals surface area contributed by atoms with Crippen molar-refractivity contribution in [3.8, 4) is 11.5 Å². The van der Waals surface area contributed by atoms with Crippen LogP contribution in [-0.4, -0.2) is 18.7 Å². The molecule has 0 heterocycles. The molecule has 0 aromatic heterocycles. The van der Waals surface area contributed by atoms with Gasteiger partial charge in [-0.2, -0.15) is 5.10 Å². The lowest BCUT2D eigenvalue weighted by Gasteiger charge is -2.08. The monoisotopic (exact) mass is 466 g/mol. The molecule has 3 aromatic carbocycles. The summed E-state index contributed by atoms with van der Waals surface area (Å²) in [7, 11) is 0. The minimum atomic E-state index is -0.327. The summed E-state index contributed by atoms with van der Waals surface area (Å²) in [5, 5.41) is 3.99. The van der Waals surface area contributed by atoms with E-state index in [4.69, 9.17) is 9.47 Å². The van der Waals surface area contributed by atoms with E-state index in [-0.39, 0.29) is 12.5 Å². The third-order valence-corrected chi connectivity index (χ3v) is 4.90. The van der Waals surface area contributed by atoms with E-state index in [2.05, 4.69) is 26.5 Å². The summed E-state index contributed by atoms with van der Waals surface area (Å²) in [5.74, 6) is 1.06. The minimum absolute atomic E-state index is 0.102. The molecular weight excluding hydrogens is 444 g/mol. The van der Waals surface area contributed by atoms with Crippen LogP contribution in [-0.2, 0) is 11.4 Å². The normalized spacial score (nSPS) is 10.8. The molecule has 0 unspecified atom stereocenters. The summed E-state index contributed by atoms with van der Waals surface area (Å²) in [6, 6.07) is 21.2. The molecule has 0 saturated carbocycles. The number of nitrogens with one attached hydrogen (secondary N) is 1. The summed E-state index contributed by atoms with van der Waals surface area (Å²) in [6.07, 6.45) is 1.57. The quantitative estimate of drug-likeness (QED) is 0.367. The van der Waals surface area contributed by atoms with Crippen LogP contribution in [0.4, 0.5) is 0 Å². The number of hydrogen-bond acceptors (Lipinski definition) is 4. The number of aryl methyl sites for hydroxylation is 2. The van der Waals surface area contributed by atoms with Crippen molar-refractivity contribution in [2.75, 3.05) is 6.61 Å². The maximum atomic E-state index is 11.9. The minimum Gasteiger partial charge on any atom is -0.489 e. The third kappa shape index (κ3) is 6.74. The topological polar surface area (TPSA) is 59.9 Å². The Morgan fingerprint density at radius 3 is 2.57 bits per heavy atom. The van der Waals surface area contributed by atoms with Crippen LogP contribution in [0.3, 0.4) is 0 Å². The molecule has 0 aliphatic heterocycles. The number of carbonyl (C=O) groups is 1. The molecule has 0 atom stereocenters. The van der Waals surface area contributed by atoms with Crippen molar-refractivity contribution in [3.63, 3.8) is 0 Å². The first-order valence-corrected chi connectivity index (χ1v) is 10.3. The van der Waals surface area contributed by atoms with Gasteiger partial charge in [-0.3, -0.25) is 4.79 Å². The standard InChI is InChI=1S/C24H23BrN2O3/c1-17-9-10-23(11-18(17)2)30-16-24(28)27-26-14-19-5-4-8-22(13-19)29-15-20-6-3-7-21(25)12-20/h3-14H,15-16H2,1-2H3,(H,27,28)/b26-14-. The van der Waals surface area contributed by atoms with Crippen LogP contribution >= 0.6 is 15.9 Å². The fourth-order valence-electron chi connectivity index (χ4n) is 2.64. The number of ether oxygens (including phenoxy) is 2. The average Bonchev–Trinajstić information content (AvgIpc) is 2.73. The molecule has 6 heteroatoms. The molecule has 5 nitrogen and oxygen atoms in total. The highest BCUT2D eigenvalue weighted by molar-refractivity contribution is 9.10. The van der Waals surface area contributed by atoms with Crippen LogP contribution in [0.5, 0.6) is 11.5 Å². The second-order valence-electron chi connectivity index (χ2n) is 6.82. The van der Waals surface area contributed by atoms with Crippen molar-refractivity contribution in [1.82, 2.24) is 5.43 Å². The Labute approximate surface area is 184 Å². The largest absolute Gasteiger partial charge is 0.489 e. The average molecular weight is 467 g/mol. The number of amides is 1. The molecular formula is C24H23BrN2O3. The number of hydrogen-bond donors (Lipinski definition) is 1. The molecule has 154 valence electrons. The molecule has 0 bridgehead atoms. The molecule has 0 saturated heterocycles. The van der Waals surface area contributed by atoms with Crippen LogP contribution in [0.15, 0.2) is 76.3 Å². The summed E-state index contributed by atoms with van der Waals surface area (Å²) in [5.41, 5.74) is 6.65. The van der Waals surface area contributed by atoms with Crippen LogP contribution in [0.2, 0.25) is 0 Å². The molecule has 1 amide bonds. The molecule has 3 rings (SSSR count). The molecule has 0 aliphatic rings. The number of hydrazone groups is 1. The van der Waals surface area contributed by atoms with Gasteiger partial charge >= 0.3 is 0 Å². The van der Waals surface area contributed by atoms with Gasteiger partial charge in [0.05, 0.1) is 6.21 Å². The summed E-state index contributed by atoms with van der Waals surface area (Å²) >= 11 is 3.45. The van der Waals surface area contributed by atoms with Gasteiger partial charge in [0, 0.05) is 4.47 Å². The maximum Gasteiger partial charge on any atom is 0.277 e. The van der Waals surface area contributed by atoms with Gasteiger partial charge < -0.3 is 9.47 Å². The zero-order valence-electron chi connectivity index (χ0n) is 16.9. The number of carbonyl (C=O) groups excluding carboxylic acids is 1. The molecule has 3 aromatic rings. The van der Waals surface area contributed by atoms with Crippen molar-refractivity contribution in [3.05, 3.63) is 93.5 Å². The molecule has 0 radical (unpaired) electrons. The predicted octanol–water partition coefficient (Wildman–Crippen LogP) is 5.17. The number of rotatable bonds is 8. The van der Waals surface area contributed by atoms with E-state index in [0.29, 0.717) is 12.4 Å². The van der Waals surface area contributed by atoms with Gasteiger partial charge in [0.15, 0.2) is 6.61 Å². The number of nitrogens with zero attached hydrogens (tertiary/aromatic N) is 1. The Hall–Kier alpha value is -3.12. The van der Waals surface area contributed by atoms with Crippen molar-refractivity contribution in [2.45, 2.75) is 20.5 Å². The fourth-order valence-corrected chi connectivity index (χ4v) is 3.09. The predicted molar refractivity (Wildman–Crippen MR) is 122 cm³/mol. The van der Waals surface area contributed by atoms with Gasteiger partial charge in [-0.1, -0.05) is 46.3 Å². The number of halogens is 1. The van der Waals surface area contributed by atoms with Gasteiger partial charge in [0.1, 0.15) is 18.1 Å². The van der Waals surface area contributed by atoms with Crippen molar-refractivity contribution < 1.29 is 14.3 Å². The van der Waals surface area contributed by atoms with E-state index >= 15 is 0 Å². The van der Waals surface area contributed by atoms with Gasteiger partial charge in [0.2, 0.25) is 0 Å². The Morgan fingerprint density at radius 2 is 1.77 bits per heavy atom. The lowest BCUT2D eigenvalue weighted by Crippen LogP contribution is -2.24. The first-order chi connectivity index (χ1) is 14.5. The Morgan fingerprint density at radius 1 is 0.967 bits per heavy atom. The van der Waals surface area contributed by atoms with Gasteiger partial charge in [0.25, 0.3) is 5.91 Å². The first-order valence-electron chi connectivity index (χ1n) is 9.49. The second-order valence-corrected chi connectivity index (χ2v) is 7.73. The molecule has 30 heavy (non-hydrogen) atoms. The van der Waals surface area contributed by atoms with E-state index in [1.54, 1.807) is 6.21 Å². The summed E-state index contributed by atoms with van der Waals surface area (Å²) in [4.78, 5) is 11.9. The molecule has 1 N–H and O–H groups in total. The Bertz CT molecular complexity index is 1050. The van der Waals surface area contributed by atoms with Crippen molar-refractivity contribution in [2.24, 2.45) is 5.10 Å². The van der Waals surface area contributed by atoms with E-state index in [9.17, 15) is 4.79 Å². The lowest BCUT2D eigenvalue weighted by molar-refractivity contribution is -0.123. The van der Waals surface area contributed by atoms with Gasteiger partial charge in [-0.25, -0.2) is 5.43 Å². The zero-order chi connectivity index (χ0) is 21.3. The van der Waals surface area contributed by atoms with Crippen LogP contribution in [0, 0.1) is 13.8 Å². The first kappa shape index (κ1) is 21.6. The maximum absolute atomic E-state index is 11.9. The lowest BCUT2D eigenvalue weighted by atomic mass is 10.1. The Kier molecular flexibility index (Phi) is 7.63. The third-order valence-electron chi connectivity index (χ3n) is 4.40. The molecule has 0 aliphatic carbocycles. The van der Waals surface area contributed by atoms with E-state index in [0.717, 1.165) is 26.9 Å². The van der Waals surface area contributed by atoms with E-state index < -0.39 is 0 Å². The SMILES string of the molecule is Cc1ccc(OCC(=O)N/N=C\c2cccc(OCc3cccc(Br)c3)c2)cc1C.